The Labute approximate surface area is 111 Å². The Balaban J connectivity index is 1.98. The molecule has 2 rings (SSSR count). The van der Waals surface area contributed by atoms with Crippen LogP contribution in [0.3, 0.4) is 0 Å². The Morgan fingerprint density at radius 3 is 2.94 bits per heavy atom. The first-order valence-corrected chi connectivity index (χ1v) is 8.04. The van der Waals surface area contributed by atoms with E-state index < -0.39 is 0 Å². The van der Waals surface area contributed by atoms with Crippen molar-refractivity contribution in [1.82, 2.24) is 9.78 Å². The maximum Gasteiger partial charge on any atom is 0.151 e. The number of hydrogen-bond acceptors (Lipinski definition) is 4. The second kappa shape index (κ2) is 5.96. The number of hydrogen-bond donors (Lipinski definition) is 0. The number of Topliss-reactive ketones (excluding diaryl/α,β-unsaturated/α-hetero) is 1. The van der Waals surface area contributed by atoms with Crippen LogP contribution in [0.25, 0.3) is 0 Å². The lowest BCUT2D eigenvalue weighted by molar-refractivity contribution is -0.117. The van der Waals surface area contributed by atoms with Gasteiger partial charge < -0.3 is 0 Å². The molecule has 0 bridgehead atoms. The highest BCUT2D eigenvalue weighted by molar-refractivity contribution is 8.07. The molecule has 94 valence electrons. The van der Waals surface area contributed by atoms with Gasteiger partial charge in [0.2, 0.25) is 0 Å². The first-order chi connectivity index (χ1) is 8.20. The molecule has 0 saturated carbocycles. The predicted octanol–water partition coefficient (Wildman–Crippen LogP) is 2.16. The summed E-state index contributed by atoms with van der Waals surface area (Å²) in [6.07, 6.45) is 5.34. The van der Waals surface area contributed by atoms with Gasteiger partial charge in [-0.25, -0.2) is 0 Å². The molecule has 1 saturated heterocycles. The number of carbonyl (C=O) groups excluding carboxylic acids is 1. The summed E-state index contributed by atoms with van der Waals surface area (Å²) in [5.74, 6) is 2.65. The van der Waals surface area contributed by atoms with Crippen LogP contribution >= 0.6 is 23.5 Å². The van der Waals surface area contributed by atoms with E-state index in [4.69, 9.17) is 0 Å². The second-order valence-electron chi connectivity index (χ2n) is 4.27. The summed E-state index contributed by atoms with van der Waals surface area (Å²) < 4.78 is 1.75. The summed E-state index contributed by atoms with van der Waals surface area (Å²) in [6, 6.07) is 0. The molecule has 0 spiro atoms. The highest BCUT2D eigenvalue weighted by Crippen LogP contribution is 2.34. The van der Waals surface area contributed by atoms with Crippen LogP contribution in [0.4, 0.5) is 0 Å². The quantitative estimate of drug-likeness (QED) is 0.840. The lowest BCUT2D eigenvalue weighted by Gasteiger charge is -2.28. The van der Waals surface area contributed by atoms with E-state index in [0.717, 1.165) is 17.7 Å². The molecule has 1 aliphatic heterocycles. The predicted molar refractivity (Wildman–Crippen MR) is 74.7 cm³/mol. The van der Waals surface area contributed by atoms with Gasteiger partial charge in [-0.3, -0.25) is 9.48 Å². The molecule has 1 fully saturated rings. The molecule has 0 N–H and O–H groups in total. The number of carbonyl (C=O) groups is 1. The molecule has 2 atom stereocenters. The van der Waals surface area contributed by atoms with Gasteiger partial charge >= 0.3 is 0 Å². The third-order valence-corrected chi connectivity index (χ3v) is 6.20. The molecule has 1 aromatic rings. The fraction of sp³-hybridized carbons (Fsp3) is 0.667. The van der Waals surface area contributed by atoms with Crippen molar-refractivity contribution >= 4 is 29.3 Å². The Bertz CT molecular complexity index is 392. The molecule has 2 heterocycles. The van der Waals surface area contributed by atoms with Crippen molar-refractivity contribution in [2.45, 2.75) is 30.3 Å². The van der Waals surface area contributed by atoms with Gasteiger partial charge in [-0.2, -0.15) is 16.9 Å². The van der Waals surface area contributed by atoms with Crippen molar-refractivity contribution in [2.24, 2.45) is 7.05 Å². The molecule has 1 aliphatic rings. The third kappa shape index (κ3) is 3.28. The average Bonchev–Trinajstić information content (AvgIpc) is 2.74. The maximum atomic E-state index is 12.3. The largest absolute Gasteiger partial charge is 0.298 e. The van der Waals surface area contributed by atoms with E-state index in [9.17, 15) is 4.79 Å². The van der Waals surface area contributed by atoms with E-state index in [0.29, 0.717) is 17.5 Å². The number of nitrogens with zero attached hydrogens (tertiary/aromatic N) is 2. The van der Waals surface area contributed by atoms with Gasteiger partial charge in [-0.1, -0.05) is 6.92 Å². The molecule has 0 amide bonds. The molecule has 1 aromatic heterocycles. The zero-order chi connectivity index (χ0) is 12.3. The molecule has 17 heavy (non-hydrogen) atoms. The number of aryl methyl sites for hydroxylation is 1. The Morgan fingerprint density at radius 1 is 1.53 bits per heavy atom. The molecular formula is C12H18N2OS2. The number of aromatic nitrogens is 2. The second-order valence-corrected chi connectivity index (χ2v) is 6.87. The molecule has 3 nitrogen and oxygen atoms in total. The van der Waals surface area contributed by atoms with Gasteiger partial charge in [0.25, 0.3) is 0 Å². The van der Waals surface area contributed by atoms with Crippen LogP contribution in [0.15, 0.2) is 12.4 Å². The number of ketones is 1. The monoisotopic (exact) mass is 270 g/mol. The topological polar surface area (TPSA) is 34.9 Å². The van der Waals surface area contributed by atoms with E-state index in [1.165, 1.54) is 5.75 Å². The standard InChI is InChI=1S/C12H18N2OS2/c1-3-11-12(17-5-4-16-11)10(15)6-9-7-13-14(2)8-9/h7-8,11-12H,3-6H2,1-2H3. The van der Waals surface area contributed by atoms with Crippen molar-refractivity contribution in [3.05, 3.63) is 18.0 Å². The molecule has 0 aromatic carbocycles. The van der Waals surface area contributed by atoms with Gasteiger partial charge in [-0.05, 0) is 12.0 Å². The Morgan fingerprint density at radius 2 is 2.29 bits per heavy atom. The van der Waals surface area contributed by atoms with Crippen LogP contribution in [0.2, 0.25) is 0 Å². The Hall–Kier alpha value is -0.420. The van der Waals surface area contributed by atoms with E-state index in [-0.39, 0.29) is 5.25 Å². The summed E-state index contributed by atoms with van der Waals surface area (Å²) in [4.78, 5) is 12.3. The van der Waals surface area contributed by atoms with Crippen LogP contribution in [-0.2, 0) is 18.3 Å². The lowest BCUT2D eigenvalue weighted by Crippen LogP contribution is -2.33. The van der Waals surface area contributed by atoms with Crippen LogP contribution in [0, 0.1) is 0 Å². The van der Waals surface area contributed by atoms with Crippen LogP contribution in [0.5, 0.6) is 0 Å². The number of rotatable bonds is 4. The summed E-state index contributed by atoms with van der Waals surface area (Å²) in [7, 11) is 1.88. The van der Waals surface area contributed by atoms with Crippen LogP contribution in [0.1, 0.15) is 18.9 Å². The van der Waals surface area contributed by atoms with Crippen molar-refractivity contribution in [3.8, 4) is 0 Å². The van der Waals surface area contributed by atoms with Crippen molar-refractivity contribution in [1.29, 1.82) is 0 Å². The molecule has 0 aliphatic carbocycles. The van der Waals surface area contributed by atoms with Gasteiger partial charge in [-0.15, -0.1) is 11.8 Å². The summed E-state index contributed by atoms with van der Waals surface area (Å²) in [5, 5.41) is 4.78. The number of thioether (sulfide) groups is 2. The first-order valence-electron chi connectivity index (χ1n) is 5.94. The van der Waals surface area contributed by atoms with Gasteiger partial charge in [0.1, 0.15) is 0 Å². The van der Waals surface area contributed by atoms with Crippen LogP contribution in [-0.4, -0.2) is 37.6 Å². The molecule has 5 heteroatoms. The fourth-order valence-corrected chi connectivity index (χ4v) is 5.10. The van der Waals surface area contributed by atoms with Gasteiger partial charge in [0.05, 0.1) is 11.4 Å². The normalized spacial score (nSPS) is 24.8. The maximum absolute atomic E-state index is 12.3. The third-order valence-electron chi connectivity index (χ3n) is 2.91. The fourth-order valence-electron chi connectivity index (χ4n) is 2.07. The zero-order valence-corrected chi connectivity index (χ0v) is 11.9. The van der Waals surface area contributed by atoms with Gasteiger partial charge in [0.15, 0.2) is 5.78 Å². The highest BCUT2D eigenvalue weighted by Gasteiger charge is 2.30. The van der Waals surface area contributed by atoms with Crippen LogP contribution < -0.4 is 0 Å². The smallest absolute Gasteiger partial charge is 0.151 e. The van der Waals surface area contributed by atoms with Crippen molar-refractivity contribution in [2.75, 3.05) is 11.5 Å². The first kappa shape index (κ1) is 13.0. The lowest BCUT2D eigenvalue weighted by atomic mass is 10.1. The minimum atomic E-state index is 0.180. The molecule has 2 unspecified atom stereocenters. The highest BCUT2D eigenvalue weighted by atomic mass is 32.2. The van der Waals surface area contributed by atoms with Gasteiger partial charge in [0, 0.05) is 36.4 Å². The average molecular weight is 270 g/mol. The van der Waals surface area contributed by atoms with E-state index in [2.05, 4.69) is 12.0 Å². The minimum absolute atomic E-state index is 0.180. The summed E-state index contributed by atoms with van der Waals surface area (Å²) in [6.45, 7) is 2.17. The summed E-state index contributed by atoms with van der Waals surface area (Å²) in [5.41, 5.74) is 1.03. The zero-order valence-electron chi connectivity index (χ0n) is 10.3. The van der Waals surface area contributed by atoms with Crippen molar-refractivity contribution in [3.63, 3.8) is 0 Å². The van der Waals surface area contributed by atoms with E-state index in [1.54, 1.807) is 10.9 Å². The Kier molecular flexibility index (Phi) is 4.56. The van der Waals surface area contributed by atoms with E-state index in [1.807, 2.05) is 36.8 Å². The van der Waals surface area contributed by atoms with E-state index >= 15 is 0 Å². The molecule has 0 radical (unpaired) electrons. The SMILES string of the molecule is CCC1SCCSC1C(=O)Cc1cnn(C)c1. The van der Waals surface area contributed by atoms with Crippen molar-refractivity contribution < 1.29 is 4.79 Å². The molecular weight excluding hydrogens is 252 g/mol. The minimum Gasteiger partial charge on any atom is -0.298 e. The summed E-state index contributed by atoms with van der Waals surface area (Å²) >= 11 is 3.79.